The Hall–Kier alpha value is -2.90. The van der Waals surface area contributed by atoms with E-state index >= 15 is 0 Å². The van der Waals surface area contributed by atoms with Gasteiger partial charge in [-0.25, -0.2) is 13.9 Å². The molecule has 0 radical (unpaired) electrons. The third-order valence-corrected chi connectivity index (χ3v) is 4.92. The molecule has 1 aliphatic heterocycles. The topological polar surface area (TPSA) is 87.5 Å². The van der Waals surface area contributed by atoms with Crippen molar-refractivity contribution in [2.45, 2.75) is 39.0 Å². The van der Waals surface area contributed by atoms with Crippen LogP contribution in [-0.2, 0) is 10.2 Å². The summed E-state index contributed by atoms with van der Waals surface area (Å²) < 4.78 is 14.9. The number of aliphatic carboxylic acids is 1. The number of hydrogen-bond donors (Lipinski definition) is 2. The number of amides is 2. The minimum atomic E-state index is -0.815. The first-order valence-electron chi connectivity index (χ1n) is 9.30. The molecule has 28 heavy (non-hydrogen) atoms. The van der Waals surface area contributed by atoms with E-state index in [4.69, 9.17) is 5.11 Å². The maximum absolute atomic E-state index is 13.3. The number of likely N-dealkylation sites (tertiary alicyclic amines) is 1. The highest BCUT2D eigenvalue weighted by atomic mass is 19.1. The summed E-state index contributed by atoms with van der Waals surface area (Å²) >= 11 is 0. The second kappa shape index (κ2) is 7.61. The summed E-state index contributed by atoms with van der Waals surface area (Å²) in [5, 5.41) is 16.6. The van der Waals surface area contributed by atoms with Gasteiger partial charge in [-0.2, -0.15) is 5.10 Å². The molecule has 8 heteroatoms. The minimum absolute atomic E-state index is 0.232. The Balaban J connectivity index is 1.82. The number of anilines is 1. The predicted octanol–water partition coefficient (Wildman–Crippen LogP) is 3.64. The number of urea groups is 1. The molecule has 1 aliphatic rings. The molecule has 3 rings (SSSR count). The number of carbonyl (C=O) groups is 2. The van der Waals surface area contributed by atoms with Crippen LogP contribution in [0.1, 0.15) is 39.3 Å². The molecule has 0 saturated carbocycles. The van der Waals surface area contributed by atoms with Crippen molar-refractivity contribution >= 4 is 17.8 Å². The van der Waals surface area contributed by atoms with E-state index in [1.807, 2.05) is 26.8 Å². The SMILES string of the molecule is CC(C)(C)c1cc(NC(=O)N2CCC(C(=O)O)CC2)n(-c2ccc(F)cc2)n1. The number of carboxylic acid groups (broad SMARTS) is 1. The smallest absolute Gasteiger partial charge is 0.323 e. The Kier molecular flexibility index (Phi) is 5.40. The molecule has 0 atom stereocenters. The predicted molar refractivity (Wildman–Crippen MR) is 103 cm³/mol. The van der Waals surface area contributed by atoms with Crippen LogP contribution in [0.5, 0.6) is 0 Å². The molecule has 1 saturated heterocycles. The van der Waals surface area contributed by atoms with E-state index < -0.39 is 11.9 Å². The van der Waals surface area contributed by atoms with Crippen molar-refractivity contribution in [1.29, 1.82) is 0 Å². The zero-order valence-corrected chi connectivity index (χ0v) is 16.3. The van der Waals surface area contributed by atoms with Gasteiger partial charge < -0.3 is 10.0 Å². The lowest BCUT2D eigenvalue weighted by Crippen LogP contribution is -2.42. The van der Waals surface area contributed by atoms with Gasteiger partial charge in [0.2, 0.25) is 0 Å². The lowest BCUT2D eigenvalue weighted by molar-refractivity contribution is -0.143. The Bertz CT molecular complexity index is 863. The van der Waals surface area contributed by atoms with E-state index in [0.29, 0.717) is 37.4 Å². The first-order chi connectivity index (χ1) is 13.1. The molecule has 1 aromatic heterocycles. The molecule has 2 heterocycles. The third-order valence-electron chi connectivity index (χ3n) is 4.92. The molecule has 2 N–H and O–H groups in total. The van der Waals surface area contributed by atoms with Crippen LogP contribution in [0.25, 0.3) is 5.69 Å². The number of hydrogen-bond acceptors (Lipinski definition) is 3. The number of rotatable bonds is 3. The normalized spacial score (nSPS) is 15.5. The highest BCUT2D eigenvalue weighted by Crippen LogP contribution is 2.27. The molecule has 2 amide bonds. The summed E-state index contributed by atoms with van der Waals surface area (Å²) in [6.45, 7) is 6.84. The van der Waals surface area contributed by atoms with E-state index in [1.54, 1.807) is 21.7 Å². The van der Waals surface area contributed by atoms with Crippen molar-refractivity contribution in [3.63, 3.8) is 0 Å². The van der Waals surface area contributed by atoms with Gasteiger partial charge in [-0.15, -0.1) is 0 Å². The number of piperidine rings is 1. The molecule has 0 spiro atoms. The first kappa shape index (κ1) is 19.9. The van der Waals surface area contributed by atoms with Crippen LogP contribution in [0.4, 0.5) is 15.0 Å². The monoisotopic (exact) mass is 388 g/mol. The molecule has 0 unspecified atom stereocenters. The molecule has 2 aromatic rings. The zero-order chi connectivity index (χ0) is 20.5. The number of halogens is 1. The number of carbonyl (C=O) groups excluding carboxylic acids is 1. The van der Waals surface area contributed by atoms with Crippen molar-refractivity contribution in [3.05, 3.63) is 41.8 Å². The van der Waals surface area contributed by atoms with Crippen LogP contribution >= 0.6 is 0 Å². The summed E-state index contributed by atoms with van der Waals surface area (Å²) in [7, 11) is 0. The van der Waals surface area contributed by atoms with Crippen molar-refractivity contribution in [2.24, 2.45) is 5.92 Å². The molecule has 1 fully saturated rings. The van der Waals surface area contributed by atoms with E-state index in [-0.39, 0.29) is 17.3 Å². The molecule has 150 valence electrons. The number of carboxylic acids is 1. The van der Waals surface area contributed by atoms with E-state index in [0.717, 1.165) is 5.69 Å². The summed E-state index contributed by atoms with van der Waals surface area (Å²) in [5.74, 6) is -1.08. The Morgan fingerprint density at radius 3 is 2.32 bits per heavy atom. The van der Waals surface area contributed by atoms with Gasteiger partial charge in [0, 0.05) is 24.6 Å². The maximum Gasteiger partial charge on any atom is 0.323 e. The van der Waals surface area contributed by atoms with Crippen molar-refractivity contribution in [3.8, 4) is 5.69 Å². The number of nitrogens with zero attached hydrogens (tertiary/aromatic N) is 3. The molecular weight excluding hydrogens is 363 g/mol. The van der Waals surface area contributed by atoms with Crippen LogP contribution in [0.3, 0.4) is 0 Å². The fourth-order valence-corrected chi connectivity index (χ4v) is 3.13. The number of nitrogens with one attached hydrogen (secondary N) is 1. The number of aromatic nitrogens is 2. The minimum Gasteiger partial charge on any atom is -0.481 e. The highest BCUT2D eigenvalue weighted by molar-refractivity contribution is 5.89. The number of benzene rings is 1. The maximum atomic E-state index is 13.3. The van der Waals surface area contributed by atoms with Gasteiger partial charge in [0.25, 0.3) is 0 Å². The van der Waals surface area contributed by atoms with Crippen LogP contribution in [0.2, 0.25) is 0 Å². The molecular formula is C20H25FN4O3. The van der Waals surface area contributed by atoms with Gasteiger partial charge >= 0.3 is 12.0 Å². The highest BCUT2D eigenvalue weighted by Gasteiger charge is 2.28. The lowest BCUT2D eigenvalue weighted by atomic mass is 9.92. The molecule has 0 aliphatic carbocycles. The first-order valence-corrected chi connectivity index (χ1v) is 9.30. The molecule has 7 nitrogen and oxygen atoms in total. The fraction of sp³-hybridized carbons (Fsp3) is 0.450. The Morgan fingerprint density at radius 1 is 1.18 bits per heavy atom. The van der Waals surface area contributed by atoms with Gasteiger partial charge in [-0.05, 0) is 37.1 Å². The van der Waals surface area contributed by atoms with Gasteiger partial charge in [-0.3, -0.25) is 10.1 Å². The molecule has 1 aromatic carbocycles. The molecule has 0 bridgehead atoms. The van der Waals surface area contributed by atoms with Gasteiger partial charge in [0.05, 0.1) is 17.3 Å². The van der Waals surface area contributed by atoms with Crippen LogP contribution in [0, 0.1) is 11.7 Å². The van der Waals surface area contributed by atoms with Gasteiger partial charge in [-0.1, -0.05) is 20.8 Å². The summed E-state index contributed by atoms with van der Waals surface area (Å²) in [6.07, 6.45) is 0.875. The largest absolute Gasteiger partial charge is 0.481 e. The van der Waals surface area contributed by atoms with Crippen LogP contribution < -0.4 is 5.32 Å². The van der Waals surface area contributed by atoms with E-state index in [1.165, 1.54) is 12.1 Å². The summed E-state index contributed by atoms with van der Waals surface area (Å²) in [6, 6.07) is 7.40. The van der Waals surface area contributed by atoms with Crippen LogP contribution in [0.15, 0.2) is 30.3 Å². The quantitative estimate of drug-likeness (QED) is 0.840. The Morgan fingerprint density at radius 2 is 1.79 bits per heavy atom. The van der Waals surface area contributed by atoms with Crippen LogP contribution in [-0.4, -0.2) is 44.9 Å². The standard InChI is InChI=1S/C20H25FN4O3/c1-20(2,3)16-12-17(25(23-16)15-6-4-14(21)5-7-15)22-19(28)24-10-8-13(9-11-24)18(26)27/h4-7,12-13H,8-11H2,1-3H3,(H,22,28)(H,26,27). The Labute approximate surface area is 163 Å². The van der Waals surface area contributed by atoms with Gasteiger partial charge in [0.15, 0.2) is 0 Å². The van der Waals surface area contributed by atoms with Crippen molar-refractivity contribution in [2.75, 3.05) is 18.4 Å². The van der Waals surface area contributed by atoms with E-state index in [2.05, 4.69) is 10.4 Å². The average molecular weight is 388 g/mol. The second-order valence-electron chi connectivity index (χ2n) is 8.08. The fourth-order valence-electron chi connectivity index (χ4n) is 3.13. The van der Waals surface area contributed by atoms with Crippen molar-refractivity contribution in [1.82, 2.24) is 14.7 Å². The summed E-state index contributed by atoms with van der Waals surface area (Å²) in [5.41, 5.74) is 1.19. The average Bonchev–Trinajstić information content (AvgIpc) is 3.06. The van der Waals surface area contributed by atoms with E-state index in [9.17, 15) is 14.0 Å². The van der Waals surface area contributed by atoms with Gasteiger partial charge in [0.1, 0.15) is 11.6 Å². The third kappa shape index (κ3) is 4.32. The lowest BCUT2D eigenvalue weighted by Gasteiger charge is -2.30. The zero-order valence-electron chi connectivity index (χ0n) is 16.3. The van der Waals surface area contributed by atoms with Crippen molar-refractivity contribution < 1.29 is 19.1 Å². The summed E-state index contributed by atoms with van der Waals surface area (Å²) in [4.78, 5) is 25.4. The second-order valence-corrected chi connectivity index (χ2v) is 8.08.